The summed E-state index contributed by atoms with van der Waals surface area (Å²) in [7, 11) is 0. The molecule has 0 aliphatic carbocycles. The normalized spacial score (nSPS) is 9.77. The van der Waals surface area contributed by atoms with Gasteiger partial charge in [0, 0.05) is 9.77 Å². The number of halogens is 2. The lowest BCUT2D eigenvalue weighted by atomic mass is 10.3. The zero-order valence-electron chi connectivity index (χ0n) is 6.88. The second-order valence-corrected chi connectivity index (χ2v) is 3.76. The zero-order chi connectivity index (χ0) is 9.84. The number of ether oxygens (including phenoxy) is 1. The molecule has 0 spiro atoms. The van der Waals surface area contributed by atoms with Gasteiger partial charge in [0.25, 0.3) is 0 Å². The van der Waals surface area contributed by atoms with E-state index in [2.05, 4.69) is 4.98 Å². The van der Waals surface area contributed by atoms with Gasteiger partial charge in [0.2, 0.25) is 0 Å². The molecule has 0 aromatic carbocycles. The first kappa shape index (κ1) is 10.7. The maximum Gasteiger partial charge on any atom is 0.340 e. The van der Waals surface area contributed by atoms with Crippen molar-refractivity contribution < 1.29 is 9.53 Å². The summed E-state index contributed by atoms with van der Waals surface area (Å²) in [5.41, 5.74) is 0.451. The molecule has 0 bridgehead atoms. The molecule has 0 N–H and O–H groups in total. The molecule has 0 saturated heterocycles. The second kappa shape index (κ2) is 4.76. The minimum absolute atomic E-state index is 0.359. The van der Waals surface area contributed by atoms with Gasteiger partial charge in [0.05, 0.1) is 12.2 Å². The van der Waals surface area contributed by atoms with Gasteiger partial charge in [0.15, 0.2) is 0 Å². The Morgan fingerprint density at radius 2 is 2.46 bits per heavy atom. The standard InChI is InChI=1S/C8H7ClINO2/c1-2-13-8(12)5-4-11-7(9)3-6(5)10/h3-4H,2H2,1H3. The number of rotatable bonds is 2. The van der Waals surface area contributed by atoms with E-state index in [1.165, 1.54) is 6.20 Å². The van der Waals surface area contributed by atoms with Crippen LogP contribution in [-0.4, -0.2) is 17.6 Å². The van der Waals surface area contributed by atoms with E-state index in [9.17, 15) is 4.79 Å². The lowest BCUT2D eigenvalue weighted by Crippen LogP contribution is -2.07. The molecule has 0 unspecified atom stereocenters. The van der Waals surface area contributed by atoms with E-state index in [0.717, 1.165) is 3.57 Å². The fraction of sp³-hybridized carbons (Fsp3) is 0.250. The van der Waals surface area contributed by atoms with Crippen LogP contribution in [0.3, 0.4) is 0 Å². The molecule has 0 radical (unpaired) electrons. The molecule has 1 aromatic heterocycles. The molecule has 1 aromatic rings. The summed E-state index contributed by atoms with van der Waals surface area (Å²) < 4.78 is 5.57. The Morgan fingerprint density at radius 3 is 3.00 bits per heavy atom. The molecule has 13 heavy (non-hydrogen) atoms. The Labute approximate surface area is 94.6 Å². The fourth-order valence-corrected chi connectivity index (χ4v) is 1.76. The van der Waals surface area contributed by atoms with Crippen molar-refractivity contribution in [2.75, 3.05) is 6.61 Å². The number of nitrogens with zero attached hydrogens (tertiary/aromatic N) is 1. The largest absolute Gasteiger partial charge is 0.462 e. The van der Waals surface area contributed by atoms with Crippen LogP contribution in [0.4, 0.5) is 0 Å². The van der Waals surface area contributed by atoms with Crippen LogP contribution < -0.4 is 0 Å². The van der Waals surface area contributed by atoms with Gasteiger partial charge in [-0.1, -0.05) is 11.6 Å². The molecule has 0 aliphatic heterocycles. The number of carbonyl (C=O) groups is 1. The smallest absolute Gasteiger partial charge is 0.340 e. The summed E-state index contributed by atoms with van der Waals surface area (Å²) in [6, 6.07) is 1.62. The summed E-state index contributed by atoms with van der Waals surface area (Å²) in [4.78, 5) is 15.1. The number of hydrogen-bond donors (Lipinski definition) is 0. The van der Waals surface area contributed by atoms with Gasteiger partial charge >= 0.3 is 5.97 Å². The summed E-state index contributed by atoms with van der Waals surface area (Å²) >= 11 is 7.65. The van der Waals surface area contributed by atoms with Crippen LogP contribution in [0.2, 0.25) is 5.15 Å². The molecule has 1 rings (SSSR count). The first-order chi connectivity index (χ1) is 6.15. The van der Waals surface area contributed by atoms with Crippen molar-refractivity contribution in [3.63, 3.8) is 0 Å². The van der Waals surface area contributed by atoms with Crippen molar-refractivity contribution in [3.8, 4) is 0 Å². The number of carbonyl (C=O) groups excluding carboxylic acids is 1. The van der Waals surface area contributed by atoms with Crippen molar-refractivity contribution in [1.82, 2.24) is 4.98 Å². The predicted molar refractivity (Wildman–Crippen MR) is 57.9 cm³/mol. The highest BCUT2D eigenvalue weighted by atomic mass is 127. The third-order valence-corrected chi connectivity index (χ3v) is 2.41. The summed E-state index contributed by atoms with van der Waals surface area (Å²) in [6.45, 7) is 2.12. The van der Waals surface area contributed by atoms with Gasteiger partial charge < -0.3 is 4.74 Å². The summed E-state index contributed by atoms with van der Waals surface area (Å²) in [5, 5.41) is 0.373. The van der Waals surface area contributed by atoms with Crippen LogP contribution in [0, 0.1) is 3.57 Å². The average molecular weight is 312 g/mol. The van der Waals surface area contributed by atoms with Gasteiger partial charge in [-0.2, -0.15) is 0 Å². The van der Waals surface area contributed by atoms with Gasteiger partial charge in [0.1, 0.15) is 5.15 Å². The molecule has 0 aliphatic rings. The molecule has 0 saturated carbocycles. The van der Waals surface area contributed by atoms with Gasteiger partial charge in [-0.25, -0.2) is 9.78 Å². The molecule has 70 valence electrons. The lowest BCUT2D eigenvalue weighted by molar-refractivity contribution is 0.0524. The van der Waals surface area contributed by atoms with Crippen LogP contribution >= 0.6 is 34.2 Å². The van der Waals surface area contributed by atoms with Gasteiger partial charge in [-0.3, -0.25) is 0 Å². The molecule has 5 heteroatoms. The van der Waals surface area contributed by atoms with E-state index in [1.54, 1.807) is 13.0 Å². The van der Waals surface area contributed by atoms with Crippen molar-refractivity contribution in [1.29, 1.82) is 0 Å². The van der Waals surface area contributed by atoms with Crippen LogP contribution in [0.1, 0.15) is 17.3 Å². The first-order valence-corrected chi connectivity index (χ1v) is 5.09. The first-order valence-electron chi connectivity index (χ1n) is 3.63. The molecular weight excluding hydrogens is 304 g/mol. The van der Waals surface area contributed by atoms with Crippen molar-refractivity contribution in [3.05, 3.63) is 26.5 Å². The van der Waals surface area contributed by atoms with Crippen LogP contribution in [0.15, 0.2) is 12.3 Å². The third-order valence-electron chi connectivity index (χ3n) is 1.32. The van der Waals surface area contributed by atoms with Crippen LogP contribution in [0.5, 0.6) is 0 Å². The predicted octanol–water partition coefficient (Wildman–Crippen LogP) is 2.52. The zero-order valence-corrected chi connectivity index (χ0v) is 9.79. The van der Waals surface area contributed by atoms with Crippen molar-refractivity contribution in [2.45, 2.75) is 6.92 Å². The van der Waals surface area contributed by atoms with E-state index in [4.69, 9.17) is 16.3 Å². The lowest BCUT2D eigenvalue weighted by Gasteiger charge is -2.03. The molecular formula is C8H7ClINO2. The van der Waals surface area contributed by atoms with E-state index in [1.807, 2.05) is 22.6 Å². The number of esters is 1. The van der Waals surface area contributed by atoms with Gasteiger partial charge in [-0.15, -0.1) is 0 Å². The van der Waals surface area contributed by atoms with Crippen molar-refractivity contribution in [2.24, 2.45) is 0 Å². The van der Waals surface area contributed by atoms with E-state index < -0.39 is 0 Å². The maximum absolute atomic E-state index is 11.3. The fourth-order valence-electron chi connectivity index (χ4n) is 0.767. The number of hydrogen-bond acceptors (Lipinski definition) is 3. The molecule has 1 heterocycles. The SMILES string of the molecule is CCOC(=O)c1cnc(Cl)cc1I. The average Bonchev–Trinajstić information content (AvgIpc) is 2.04. The summed E-state index contributed by atoms with van der Waals surface area (Å²) in [6.07, 6.45) is 1.42. The number of pyridine rings is 1. The molecule has 0 atom stereocenters. The molecule has 3 nitrogen and oxygen atoms in total. The van der Waals surface area contributed by atoms with E-state index in [-0.39, 0.29) is 5.97 Å². The quantitative estimate of drug-likeness (QED) is 0.479. The molecule has 0 fully saturated rings. The third kappa shape index (κ3) is 2.80. The van der Waals surface area contributed by atoms with Crippen LogP contribution in [-0.2, 0) is 4.74 Å². The number of aromatic nitrogens is 1. The topological polar surface area (TPSA) is 39.2 Å². The maximum atomic E-state index is 11.3. The highest BCUT2D eigenvalue weighted by Gasteiger charge is 2.11. The highest BCUT2D eigenvalue weighted by molar-refractivity contribution is 14.1. The van der Waals surface area contributed by atoms with E-state index >= 15 is 0 Å². The Bertz CT molecular complexity index is 330. The Kier molecular flexibility index (Phi) is 3.92. The second-order valence-electron chi connectivity index (χ2n) is 2.21. The monoisotopic (exact) mass is 311 g/mol. The Morgan fingerprint density at radius 1 is 1.77 bits per heavy atom. The molecule has 0 amide bonds. The van der Waals surface area contributed by atoms with E-state index in [0.29, 0.717) is 17.3 Å². The Balaban J connectivity index is 2.95. The summed E-state index contributed by atoms with van der Waals surface area (Å²) in [5.74, 6) is -0.365. The highest BCUT2D eigenvalue weighted by Crippen LogP contribution is 2.16. The minimum atomic E-state index is -0.365. The van der Waals surface area contributed by atoms with Gasteiger partial charge in [-0.05, 0) is 35.6 Å². The minimum Gasteiger partial charge on any atom is -0.462 e. The van der Waals surface area contributed by atoms with Crippen molar-refractivity contribution >= 4 is 40.2 Å². The van der Waals surface area contributed by atoms with Crippen LogP contribution in [0.25, 0.3) is 0 Å². The Hall–Kier alpha value is -0.360.